The van der Waals surface area contributed by atoms with Crippen molar-refractivity contribution < 1.29 is 14.5 Å². The molecule has 1 aromatic carbocycles. The van der Waals surface area contributed by atoms with Crippen LogP contribution in [0.3, 0.4) is 0 Å². The monoisotopic (exact) mass is 435 g/mol. The molecule has 0 spiro atoms. The minimum absolute atomic E-state index is 0.0230. The summed E-state index contributed by atoms with van der Waals surface area (Å²) in [6, 6.07) is 10.7. The second-order valence-corrected chi connectivity index (χ2v) is 7.67. The van der Waals surface area contributed by atoms with E-state index in [2.05, 4.69) is 19.8 Å². The van der Waals surface area contributed by atoms with Gasteiger partial charge in [-0.2, -0.15) is 0 Å². The molecule has 0 atom stereocenters. The molecule has 0 N–H and O–H groups in total. The van der Waals surface area contributed by atoms with E-state index in [0.29, 0.717) is 17.7 Å². The van der Waals surface area contributed by atoms with E-state index in [0.717, 1.165) is 55.2 Å². The van der Waals surface area contributed by atoms with Gasteiger partial charge >= 0.3 is 5.97 Å². The first-order valence-electron chi connectivity index (χ1n) is 10.7. The van der Waals surface area contributed by atoms with Crippen molar-refractivity contribution in [2.45, 2.75) is 20.3 Å². The molecule has 3 heterocycles. The molecule has 0 radical (unpaired) electrons. The lowest BCUT2D eigenvalue weighted by atomic mass is 10.1. The largest absolute Gasteiger partial charge is 0.462 e. The molecule has 2 aromatic heterocycles. The van der Waals surface area contributed by atoms with Crippen molar-refractivity contribution in [3.8, 4) is 0 Å². The first-order valence-corrected chi connectivity index (χ1v) is 10.7. The molecule has 32 heavy (non-hydrogen) atoms. The van der Waals surface area contributed by atoms with Gasteiger partial charge < -0.3 is 14.5 Å². The van der Waals surface area contributed by atoms with Gasteiger partial charge in [0.15, 0.2) is 5.52 Å². The molecule has 1 saturated heterocycles. The van der Waals surface area contributed by atoms with Crippen molar-refractivity contribution in [2.24, 2.45) is 0 Å². The summed E-state index contributed by atoms with van der Waals surface area (Å²) >= 11 is 0. The number of fused-ring (bicyclic) bond motifs is 1. The minimum Gasteiger partial charge on any atom is -0.462 e. The second kappa shape index (κ2) is 9.17. The quantitative estimate of drug-likeness (QED) is 0.339. The van der Waals surface area contributed by atoms with Crippen molar-refractivity contribution in [3.05, 3.63) is 64.0 Å². The lowest BCUT2D eigenvalue weighted by Gasteiger charge is -2.25. The second-order valence-electron chi connectivity index (χ2n) is 7.67. The molecule has 0 amide bonds. The maximum absolute atomic E-state index is 11.9. The maximum atomic E-state index is 11.9. The molecule has 9 nitrogen and oxygen atoms in total. The van der Waals surface area contributed by atoms with Crippen LogP contribution in [0.5, 0.6) is 0 Å². The van der Waals surface area contributed by atoms with Gasteiger partial charge in [0.25, 0.3) is 5.69 Å². The Morgan fingerprint density at radius 3 is 2.66 bits per heavy atom. The number of benzene rings is 1. The van der Waals surface area contributed by atoms with Crippen molar-refractivity contribution in [1.29, 1.82) is 0 Å². The SMILES string of the molecule is CCOC(=O)c1ccc(N2CCCN(c3cc(C)nc4c([N+](=O)[O-])cccc34)CC2)nc1. The van der Waals surface area contributed by atoms with E-state index in [1.54, 1.807) is 25.3 Å². The normalized spacial score (nSPS) is 14.3. The summed E-state index contributed by atoms with van der Waals surface area (Å²) in [6.45, 7) is 7.08. The summed E-state index contributed by atoms with van der Waals surface area (Å²) in [4.78, 5) is 36.3. The van der Waals surface area contributed by atoms with Gasteiger partial charge in [-0.15, -0.1) is 0 Å². The van der Waals surface area contributed by atoms with Gasteiger partial charge in [0, 0.05) is 55.2 Å². The smallest absolute Gasteiger partial charge is 0.339 e. The third-order valence-electron chi connectivity index (χ3n) is 5.54. The molecule has 166 valence electrons. The number of nitro groups is 1. The number of hydrogen-bond donors (Lipinski definition) is 0. The molecule has 9 heteroatoms. The van der Waals surface area contributed by atoms with E-state index in [4.69, 9.17) is 4.74 Å². The number of nitrogens with zero attached hydrogens (tertiary/aromatic N) is 5. The van der Waals surface area contributed by atoms with Gasteiger partial charge in [-0.05, 0) is 38.5 Å². The number of carbonyl (C=O) groups is 1. The number of aryl methyl sites for hydroxylation is 1. The average Bonchev–Trinajstić information content (AvgIpc) is 3.04. The highest BCUT2D eigenvalue weighted by Gasteiger charge is 2.22. The van der Waals surface area contributed by atoms with Crippen LogP contribution in [-0.2, 0) is 4.74 Å². The van der Waals surface area contributed by atoms with Crippen LogP contribution in [0.15, 0.2) is 42.6 Å². The zero-order chi connectivity index (χ0) is 22.7. The van der Waals surface area contributed by atoms with Gasteiger partial charge in [-0.1, -0.05) is 12.1 Å². The Balaban J connectivity index is 1.56. The fourth-order valence-electron chi connectivity index (χ4n) is 4.04. The van der Waals surface area contributed by atoms with Crippen molar-refractivity contribution in [1.82, 2.24) is 9.97 Å². The van der Waals surface area contributed by atoms with Crippen LogP contribution in [-0.4, -0.2) is 53.6 Å². The number of hydrogen-bond acceptors (Lipinski definition) is 8. The highest BCUT2D eigenvalue weighted by molar-refractivity contribution is 5.97. The number of rotatable bonds is 5. The standard InChI is InChI=1S/C23H25N5O4/c1-3-32-23(29)17-8-9-21(24-15-17)27-11-5-10-26(12-13-27)20-14-16(2)25-22-18(20)6-4-7-19(22)28(30)31/h4,6-9,14-15H,3,5,10-13H2,1-2H3. The van der Waals surface area contributed by atoms with Crippen molar-refractivity contribution in [3.63, 3.8) is 0 Å². The van der Waals surface area contributed by atoms with Crippen LogP contribution in [0.2, 0.25) is 0 Å². The zero-order valence-corrected chi connectivity index (χ0v) is 18.2. The molecular formula is C23H25N5O4. The van der Waals surface area contributed by atoms with E-state index < -0.39 is 0 Å². The Morgan fingerprint density at radius 2 is 1.94 bits per heavy atom. The summed E-state index contributed by atoms with van der Waals surface area (Å²) < 4.78 is 5.02. The average molecular weight is 435 g/mol. The van der Waals surface area contributed by atoms with Crippen LogP contribution in [0, 0.1) is 17.0 Å². The van der Waals surface area contributed by atoms with Crippen LogP contribution in [0.1, 0.15) is 29.4 Å². The first kappa shape index (κ1) is 21.5. The first-order chi connectivity index (χ1) is 15.5. The molecule has 1 aliphatic heterocycles. The Hall–Kier alpha value is -3.75. The Kier molecular flexibility index (Phi) is 6.16. The number of aromatic nitrogens is 2. The van der Waals surface area contributed by atoms with E-state index in [9.17, 15) is 14.9 Å². The zero-order valence-electron chi connectivity index (χ0n) is 18.2. The number of non-ortho nitro benzene ring substituents is 1. The Labute approximate surface area is 185 Å². The fourth-order valence-corrected chi connectivity index (χ4v) is 4.04. The summed E-state index contributed by atoms with van der Waals surface area (Å²) in [6.07, 6.45) is 2.45. The highest BCUT2D eigenvalue weighted by atomic mass is 16.6. The topological polar surface area (TPSA) is 102 Å². The summed E-state index contributed by atoms with van der Waals surface area (Å²) in [5.41, 5.74) is 2.59. The summed E-state index contributed by atoms with van der Waals surface area (Å²) in [7, 11) is 0. The predicted molar refractivity (Wildman–Crippen MR) is 122 cm³/mol. The predicted octanol–water partition coefficient (Wildman–Crippen LogP) is 3.74. The molecule has 0 aliphatic carbocycles. The van der Waals surface area contributed by atoms with Gasteiger partial charge in [0.05, 0.1) is 17.1 Å². The molecule has 0 bridgehead atoms. The highest BCUT2D eigenvalue weighted by Crippen LogP contribution is 2.32. The van der Waals surface area contributed by atoms with Gasteiger partial charge in [-0.25, -0.2) is 14.8 Å². The fraction of sp³-hybridized carbons (Fsp3) is 0.348. The number of esters is 1. The van der Waals surface area contributed by atoms with Crippen LogP contribution >= 0.6 is 0 Å². The van der Waals surface area contributed by atoms with Crippen molar-refractivity contribution in [2.75, 3.05) is 42.6 Å². The summed E-state index contributed by atoms with van der Waals surface area (Å²) in [5, 5.41) is 12.3. The molecule has 1 fully saturated rings. The molecular weight excluding hydrogens is 410 g/mol. The lowest BCUT2D eigenvalue weighted by molar-refractivity contribution is -0.383. The maximum Gasteiger partial charge on any atom is 0.339 e. The number of pyridine rings is 2. The lowest BCUT2D eigenvalue weighted by Crippen LogP contribution is -2.31. The molecule has 3 aromatic rings. The van der Waals surface area contributed by atoms with E-state index in [1.807, 2.05) is 25.1 Å². The minimum atomic E-state index is -0.381. The van der Waals surface area contributed by atoms with Gasteiger partial charge in [-0.3, -0.25) is 10.1 Å². The molecule has 4 rings (SSSR count). The number of carbonyl (C=O) groups excluding carboxylic acids is 1. The number of ether oxygens (including phenoxy) is 1. The van der Waals surface area contributed by atoms with E-state index >= 15 is 0 Å². The Bertz CT molecular complexity index is 1150. The van der Waals surface area contributed by atoms with Crippen LogP contribution in [0.4, 0.5) is 17.2 Å². The molecule has 0 saturated carbocycles. The van der Waals surface area contributed by atoms with E-state index in [1.165, 1.54) is 6.07 Å². The van der Waals surface area contributed by atoms with Crippen molar-refractivity contribution >= 4 is 34.1 Å². The number of para-hydroxylation sites is 1. The van der Waals surface area contributed by atoms with Crippen LogP contribution in [0.25, 0.3) is 10.9 Å². The van der Waals surface area contributed by atoms with Gasteiger partial charge in [0.2, 0.25) is 0 Å². The number of nitro benzene ring substituents is 1. The van der Waals surface area contributed by atoms with Crippen LogP contribution < -0.4 is 9.80 Å². The Morgan fingerprint density at radius 1 is 1.16 bits per heavy atom. The molecule has 1 aliphatic rings. The summed E-state index contributed by atoms with van der Waals surface area (Å²) in [5.74, 6) is 0.439. The molecule has 0 unspecified atom stereocenters. The van der Waals surface area contributed by atoms with Gasteiger partial charge in [0.1, 0.15) is 5.82 Å². The number of anilines is 2. The third kappa shape index (κ3) is 4.32. The van der Waals surface area contributed by atoms with E-state index in [-0.39, 0.29) is 16.6 Å². The third-order valence-corrected chi connectivity index (χ3v) is 5.54.